The molecule has 0 amide bonds. The molecule has 1 saturated carbocycles. The van der Waals surface area contributed by atoms with Gasteiger partial charge in [-0.25, -0.2) is 0 Å². The fourth-order valence-electron chi connectivity index (χ4n) is 3.01. The molecule has 1 heterocycles. The molecule has 20 heavy (non-hydrogen) atoms. The van der Waals surface area contributed by atoms with E-state index in [1.54, 1.807) is 0 Å². The lowest BCUT2D eigenvalue weighted by atomic mass is 9.81. The standard InChI is InChI=1S/C17H19N3/c1-12-5-7-14(8-6-12)16-10-17(20-19-16)15-4-2-3-13(9-15)11-18/h2-4,9-10,12,14H,5-8H2,1H3,(H,19,20). The zero-order valence-electron chi connectivity index (χ0n) is 11.8. The van der Waals surface area contributed by atoms with Crippen LogP contribution in [0, 0.1) is 17.2 Å². The molecule has 3 nitrogen and oxygen atoms in total. The minimum atomic E-state index is 0.617. The van der Waals surface area contributed by atoms with Crippen LogP contribution in [-0.4, -0.2) is 10.2 Å². The van der Waals surface area contributed by atoms with E-state index in [1.807, 2.05) is 24.3 Å². The SMILES string of the molecule is CC1CCC(c2cc(-c3cccc(C#N)c3)n[nH]2)CC1. The summed E-state index contributed by atoms with van der Waals surface area (Å²) in [6.45, 7) is 2.34. The van der Waals surface area contributed by atoms with E-state index in [0.717, 1.165) is 17.2 Å². The number of nitrogens with one attached hydrogen (secondary N) is 1. The highest BCUT2D eigenvalue weighted by Gasteiger charge is 2.21. The molecule has 0 spiro atoms. The van der Waals surface area contributed by atoms with Crippen LogP contribution in [0.1, 0.15) is 49.8 Å². The van der Waals surface area contributed by atoms with Gasteiger partial charge in [0.05, 0.1) is 17.3 Å². The number of H-pyrrole nitrogens is 1. The lowest BCUT2D eigenvalue weighted by Crippen LogP contribution is -2.10. The highest BCUT2D eigenvalue weighted by molar-refractivity contribution is 5.61. The molecule has 1 aliphatic carbocycles. The van der Waals surface area contributed by atoms with Crippen LogP contribution in [0.2, 0.25) is 0 Å². The monoisotopic (exact) mass is 265 g/mol. The summed E-state index contributed by atoms with van der Waals surface area (Å²) in [5, 5.41) is 16.6. The second-order valence-corrected chi connectivity index (χ2v) is 5.86. The van der Waals surface area contributed by atoms with Gasteiger partial charge in [0.15, 0.2) is 0 Å². The molecule has 0 bridgehead atoms. The highest BCUT2D eigenvalue weighted by Crippen LogP contribution is 2.35. The van der Waals surface area contributed by atoms with Gasteiger partial charge >= 0.3 is 0 Å². The molecule has 2 aromatic rings. The summed E-state index contributed by atoms with van der Waals surface area (Å²) >= 11 is 0. The van der Waals surface area contributed by atoms with Crippen LogP contribution in [0.5, 0.6) is 0 Å². The Bertz CT molecular complexity index is 628. The quantitative estimate of drug-likeness (QED) is 0.882. The second-order valence-electron chi connectivity index (χ2n) is 5.86. The van der Waals surface area contributed by atoms with Gasteiger partial charge in [0.25, 0.3) is 0 Å². The van der Waals surface area contributed by atoms with Crippen molar-refractivity contribution in [3.8, 4) is 17.3 Å². The van der Waals surface area contributed by atoms with E-state index >= 15 is 0 Å². The molecule has 1 aliphatic rings. The molecule has 0 atom stereocenters. The smallest absolute Gasteiger partial charge is 0.0991 e. The molecule has 0 unspecified atom stereocenters. The predicted octanol–water partition coefficient (Wildman–Crippen LogP) is 4.24. The summed E-state index contributed by atoms with van der Waals surface area (Å²) in [7, 11) is 0. The molecule has 1 aromatic heterocycles. The van der Waals surface area contributed by atoms with Gasteiger partial charge in [0, 0.05) is 17.2 Å². The molecule has 102 valence electrons. The van der Waals surface area contributed by atoms with Crippen molar-refractivity contribution in [3.63, 3.8) is 0 Å². The topological polar surface area (TPSA) is 52.5 Å². The summed E-state index contributed by atoms with van der Waals surface area (Å²) in [6, 6.07) is 11.9. The average Bonchev–Trinajstić information content (AvgIpc) is 2.98. The Morgan fingerprint density at radius 3 is 2.75 bits per heavy atom. The summed E-state index contributed by atoms with van der Waals surface area (Å²) in [5.41, 5.74) is 3.87. The highest BCUT2D eigenvalue weighted by atomic mass is 15.1. The van der Waals surface area contributed by atoms with Crippen LogP contribution >= 0.6 is 0 Å². The fourth-order valence-corrected chi connectivity index (χ4v) is 3.01. The van der Waals surface area contributed by atoms with E-state index in [9.17, 15) is 0 Å². The molecule has 3 heteroatoms. The van der Waals surface area contributed by atoms with Crippen LogP contribution in [0.3, 0.4) is 0 Å². The van der Waals surface area contributed by atoms with Gasteiger partial charge in [-0.1, -0.05) is 31.9 Å². The molecule has 1 aromatic carbocycles. The maximum Gasteiger partial charge on any atom is 0.0991 e. The fraction of sp³-hybridized carbons (Fsp3) is 0.412. The van der Waals surface area contributed by atoms with Crippen molar-refractivity contribution in [2.45, 2.75) is 38.5 Å². The second kappa shape index (κ2) is 5.50. The Hall–Kier alpha value is -2.08. The Labute approximate surface area is 119 Å². The molecule has 3 rings (SSSR count). The number of rotatable bonds is 2. The molecule has 0 aliphatic heterocycles. The first kappa shape index (κ1) is 12.9. The van der Waals surface area contributed by atoms with Crippen molar-refractivity contribution < 1.29 is 0 Å². The number of aromatic amines is 1. The van der Waals surface area contributed by atoms with Crippen LogP contribution in [0.4, 0.5) is 0 Å². The average molecular weight is 265 g/mol. The minimum Gasteiger partial charge on any atom is -0.282 e. The van der Waals surface area contributed by atoms with Crippen LogP contribution in [0.25, 0.3) is 11.3 Å². The first-order chi connectivity index (χ1) is 9.76. The summed E-state index contributed by atoms with van der Waals surface area (Å²) < 4.78 is 0. The van der Waals surface area contributed by atoms with Crippen molar-refractivity contribution in [2.24, 2.45) is 5.92 Å². The maximum absolute atomic E-state index is 8.96. The van der Waals surface area contributed by atoms with Gasteiger partial charge < -0.3 is 0 Å². The number of nitriles is 1. The molecule has 1 fully saturated rings. The van der Waals surface area contributed by atoms with E-state index in [4.69, 9.17) is 5.26 Å². The zero-order chi connectivity index (χ0) is 13.9. The lowest BCUT2D eigenvalue weighted by Gasteiger charge is -2.24. The van der Waals surface area contributed by atoms with Crippen LogP contribution < -0.4 is 0 Å². The predicted molar refractivity (Wildman–Crippen MR) is 79.1 cm³/mol. The van der Waals surface area contributed by atoms with Crippen LogP contribution in [0.15, 0.2) is 30.3 Å². The van der Waals surface area contributed by atoms with Crippen molar-refractivity contribution in [2.75, 3.05) is 0 Å². The molecule has 1 N–H and O–H groups in total. The Morgan fingerprint density at radius 2 is 2.00 bits per heavy atom. The van der Waals surface area contributed by atoms with E-state index in [-0.39, 0.29) is 0 Å². The lowest BCUT2D eigenvalue weighted by molar-refractivity contribution is 0.344. The van der Waals surface area contributed by atoms with Gasteiger partial charge in [-0.3, -0.25) is 5.10 Å². The molecule has 0 radical (unpaired) electrons. The largest absolute Gasteiger partial charge is 0.282 e. The van der Waals surface area contributed by atoms with E-state index in [2.05, 4.69) is 29.3 Å². The van der Waals surface area contributed by atoms with Crippen molar-refractivity contribution in [1.29, 1.82) is 5.26 Å². The number of hydrogen-bond acceptors (Lipinski definition) is 2. The molecule has 0 saturated heterocycles. The summed E-state index contributed by atoms with van der Waals surface area (Å²) in [5.74, 6) is 1.48. The van der Waals surface area contributed by atoms with Gasteiger partial charge in [-0.15, -0.1) is 0 Å². The van der Waals surface area contributed by atoms with Crippen LogP contribution in [-0.2, 0) is 0 Å². The van der Waals surface area contributed by atoms with Crippen molar-refractivity contribution >= 4 is 0 Å². The van der Waals surface area contributed by atoms with E-state index in [0.29, 0.717) is 11.5 Å². The summed E-state index contributed by atoms with van der Waals surface area (Å²) in [6.07, 6.45) is 5.12. The number of hydrogen-bond donors (Lipinski definition) is 1. The first-order valence-corrected chi connectivity index (χ1v) is 7.32. The van der Waals surface area contributed by atoms with Crippen molar-refractivity contribution in [1.82, 2.24) is 10.2 Å². The number of benzene rings is 1. The Balaban J connectivity index is 1.81. The summed E-state index contributed by atoms with van der Waals surface area (Å²) in [4.78, 5) is 0. The Kier molecular flexibility index (Phi) is 3.56. The molecular formula is C17H19N3. The maximum atomic E-state index is 8.96. The normalized spacial score (nSPS) is 22.4. The van der Waals surface area contributed by atoms with Gasteiger partial charge in [-0.2, -0.15) is 10.4 Å². The van der Waals surface area contributed by atoms with Gasteiger partial charge in [0.1, 0.15) is 0 Å². The first-order valence-electron chi connectivity index (χ1n) is 7.32. The third-order valence-corrected chi connectivity index (χ3v) is 4.34. The Morgan fingerprint density at radius 1 is 1.20 bits per heavy atom. The minimum absolute atomic E-state index is 0.617. The number of aromatic nitrogens is 2. The van der Waals surface area contributed by atoms with Gasteiger partial charge in [0.2, 0.25) is 0 Å². The zero-order valence-corrected chi connectivity index (χ0v) is 11.8. The number of nitrogens with zero attached hydrogens (tertiary/aromatic N) is 2. The van der Waals surface area contributed by atoms with Gasteiger partial charge in [-0.05, 0) is 37.0 Å². The van der Waals surface area contributed by atoms with E-state index in [1.165, 1.54) is 31.4 Å². The third-order valence-electron chi connectivity index (χ3n) is 4.34. The molecular weight excluding hydrogens is 246 g/mol. The third kappa shape index (κ3) is 2.60. The van der Waals surface area contributed by atoms with E-state index < -0.39 is 0 Å². The van der Waals surface area contributed by atoms with Crippen molar-refractivity contribution in [3.05, 3.63) is 41.6 Å².